The number of carbonyl (C=O) groups excluding carboxylic acids is 2. The van der Waals surface area contributed by atoms with Crippen LogP contribution < -0.4 is 0 Å². The van der Waals surface area contributed by atoms with Gasteiger partial charge in [-0.1, -0.05) is 87.3 Å². The van der Waals surface area contributed by atoms with Gasteiger partial charge in [0.15, 0.2) is 5.76 Å². The number of aryl methyl sites for hydroxylation is 2. The highest BCUT2D eigenvalue weighted by atomic mass is 127. The summed E-state index contributed by atoms with van der Waals surface area (Å²) in [6.45, 7) is 16.9. The van der Waals surface area contributed by atoms with Crippen molar-refractivity contribution in [2.45, 2.75) is 110 Å². The van der Waals surface area contributed by atoms with Gasteiger partial charge in [-0.15, -0.1) is 0 Å². The molecule has 0 saturated carbocycles. The van der Waals surface area contributed by atoms with Gasteiger partial charge in [0.05, 0.1) is 24.6 Å². The molecule has 8 nitrogen and oxygen atoms in total. The van der Waals surface area contributed by atoms with Crippen LogP contribution in [0.3, 0.4) is 0 Å². The summed E-state index contributed by atoms with van der Waals surface area (Å²) in [5.74, 6) is 0.486. The third-order valence-electron chi connectivity index (χ3n) is 4.90. The van der Waals surface area contributed by atoms with Crippen LogP contribution in [0.4, 0.5) is 0 Å². The van der Waals surface area contributed by atoms with E-state index in [1.54, 1.807) is 6.92 Å². The molecule has 0 N–H and O–H groups in total. The number of esters is 2. The minimum Gasteiger partial charge on any atom is -0.466 e. The molecule has 212 valence electrons. The Morgan fingerprint density at radius 3 is 1.86 bits per heavy atom. The van der Waals surface area contributed by atoms with Gasteiger partial charge < -0.3 is 18.5 Å². The number of rotatable bonds is 13. The summed E-state index contributed by atoms with van der Waals surface area (Å²) in [6.07, 6.45) is 6.39. The first-order valence-electron chi connectivity index (χ1n) is 13.5. The molecule has 0 aliphatic heterocycles. The van der Waals surface area contributed by atoms with Crippen LogP contribution in [0, 0.1) is 5.92 Å². The van der Waals surface area contributed by atoms with Crippen molar-refractivity contribution in [1.29, 1.82) is 0 Å². The minimum absolute atomic E-state index is 0.135. The smallest absolute Gasteiger partial charge is 0.317 e. The second-order valence-corrected chi connectivity index (χ2v) is 11.7. The average molecular weight is 635 g/mol. The Labute approximate surface area is 236 Å². The first-order chi connectivity index (χ1) is 17.6. The van der Waals surface area contributed by atoms with Crippen molar-refractivity contribution in [2.75, 3.05) is 13.2 Å². The van der Waals surface area contributed by atoms with Gasteiger partial charge in [-0.25, -0.2) is 0 Å². The van der Waals surface area contributed by atoms with Gasteiger partial charge in [-0.3, -0.25) is 9.59 Å². The summed E-state index contributed by atoms with van der Waals surface area (Å²) >= 11 is 2.34. The van der Waals surface area contributed by atoms with Gasteiger partial charge in [-0.05, 0) is 45.4 Å². The van der Waals surface area contributed by atoms with Crippen molar-refractivity contribution in [3.8, 4) is 0 Å². The zero-order valence-electron chi connectivity index (χ0n) is 24.0. The Kier molecular flexibility index (Phi) is 20.0. The average Bonchev–Trinajstić information content (AvgIpc) is 3.46. The number of hydrogen-bond donors (Lipinski definition) is 0. The highest BCUT2D eigenvalue weighted by Gasteiger charge is 2.29. The lowest BCUT2D eigenvalue weighted by Gasteiger charge is -2.15. The molecule has 1 atom stereocenters. The van der Waals surface area contributed by atoms with Gasteiger partial charge in [0, 0.05) is 16.1 Å². The maximum absolute atomic E-state index is 11.9. The molecule has 0 aromatic carbocycles. The van der Waals surface area contributed by atoms with Crippen molar-refractivity contribution in [2.24, 2.45) is 5.92 Å². The van der Waals surface area contributed by atoms with E-state index in [4.69, 9.17) is 18.5 Å². The molecule has 0 amide bonds. The number of unbranched alkanes of at least 4 members (excludes halogenated alkanes) is 2. The number of halogens is 1. The van der Waals surface area contributed by atoms with Crippen molar-refractivity contribution in [3.05, 3.63) is 35.0 Å². The van der Waals surface area contributed by atoms with E-state index in [0.717, 1.165) is 53.8 Å². The number of hydrogen-bond acceptors (Lipinski definition) is 8. The molecule has 9 heteroatoms. The molecule has 0 spiro atoms. The Bertz CT molecular complexity index is 860. The van der Waals surface area contributed by atoms with Crippen LogP contribution in [0.25, 0.3) is 0 Å². The molecule has 2 aromatic rings. The standard InChI is InChI=1S/C14H23NO3.C11H17NO3.C3H7I/c1-5-7-8-11-9-12(18-15-11)13(10(3)4)14(16)17-6-2;1-3-5-6-9-7-10(15-12-9)8-11(13)14-4-2;1-3(2)4/h9-10,13H,5-8H2,1-4H3;7H,3-6,8H2,1-2H3;3H,1-2H3. The molecule has 0 bridgehead atoms. The van der Waals surface area contributed by atoms with E-state index in [1.807, 2.05) is 32.9 Å². The molecule has 0 saturated heterocycles. The number of carbonyl (C=O) groups is 2. The molecular formula is C28H47IN2O6. The maximum Gasteiger partial charge on any atom is 0.317 e. The first kappa shape index (κ1) is 35.1. The number of ether oxygens (including phenoxy) is 2. The van der Waals surface area contributed by atoms with Crippen LogP contribution >= 0.6 is 22.6 Å². The number of alkyl halides is 1. The molecule has 37 heavy (non-hydrogen) atoms. The summed E-state index contributed by atoms with van der Waals surface area (Å²) in [6, 6.07) is 3.71. The Balaban J connectivity index is 0.000000619. The molecule has 1 unspecified atom stereocenters. The second kappa shape index (κ2) is 21.1. The predicted octanol–water partition coefficient (Wildman–Crippen LogP) is 7.27. The summed E-state index contributed by atoms with van der Waals surface area (Å²) in [5, 5.41) is 7.90. The zero-order valence-corrected chi connectivity index (χ0v) is 26.1. The molecule has 2 rings (SSSR count). The van der Waals surface area contributed by atoms with Crippen LogP contribution in [-0.2, 0) is 38.3 Å². The van der Waals surface area contributed by atoms with Gasteiger partial charge in [0.25, 0.3) is 0 Å². The third-order valence-corrected chi connectivity index (χ3v) is 4.90. The Morgan fingerprint density at radius 2 is 1.38 bits per heavy atom. The topological polar surface area (TPSA) is 105 Å². The fourth-order valence-corrected chi connectivity index (χ4v) is 3.17. The van der Waals surface area contributed by atoms with Crippen molar-refractivity contribution in [1.82, 2.24) is 10.3 Å². The molecule has 0 fully saturated rings. The van der Waals surface area contributed by atoms with Crippen LogP contribution in [0.15, 0.2) is 21.2 Å². The van der Waals surface area contributed by atoms with Crippen molar-refractivity contribution in [3.63, 3.8) is 0 Å². The van der Waals surface area contributed by atoms with E-state index in [1.165, 1.54) is 0 Å². The fourth-order valence-electron chi connectivity index (χ4n) is 3.17. The quantitative estimate of drug-likeness (QED) is 0.129. The van der Waals surface area contributed by atoms with Gasteiger partial charge in [-0.2, -0.15) is 0 Å². The number of nitrogens with zero attached hydrogens (tertiary/aromatic N) is 2. The maximum atomic E-state index is 11.9. The molecular weight excluding hydrogens is 587 g/mol. The molecule has 0 aliphatic rings. The van der Waals surface area contributed by atoms with Gasteiger partial charge >= 0.3 is 11.9 Å². The van der Waals surface area contributed by atoms with E-state index < -0.39 is 0 Å². The van der Waals surface area contributed by atoms with Crippen LogP contribution in [0.5, 0.6) is 0 Å². The summed E-state index contributed by atoms with van der Waals surface area (Å²) in [5.41, 5.74) is 1.83. The van der Waals surface area contributed by atoms with Crippen molar-refractivity contribution < 1.29 is 28.1 Å². The molecule has 2 aromatic heterocycles. The third kappa shape index (κ3) is 16.5. The molecule has 0 aliphatic carbocycles. The summed E-state index contributed by atoms with van der Waals surface area (Å²) in [7, 11) is 0. The Hall–Kier alpha value is -1.91. The lowest BCUT2D eigenvalue weighted by Crippen LogP contribution is -2.20. The first-order valence-corrected chi connectivity index (χ1v) is 14.7. The number of aromatic nitrogens is 2. The van der Waals surface area contributed by atoms with Gasteiger partial charge in [0.2, 0.25) is 0 Å². The van der Waals surface area contributed by atoms with Crippen LogP contribution in [-0.4, -0.2) is 39.4 Å². The fraction of sp³-hybridized carbons (Fsp3) is 0.714. The van der Waals surface area contributed by atoms with E-state index in [2.05, 4.69) is 60.6 Å². The second-order valence-electron chi connectivity index (χ2n) is 9.18. The minimum atomic E-state index is -0.354. The summed E-state index contributed by atoms with van der Waals surface area (Å²) < 4.78 is 21.0. The van der Waals surface area contributed by atoms with Crippen molar-refractivity contribution >= 4 is 34.5 Å². The lowest BCUT2D eigenvalue weighted by atomic mass is 9.93. The largest absolute Gasteiger partial charge is 0.466 e. The highest BCUT2D eigenvalue weighted by Crippen LogP contribution is 2.27. The monoisotopic (exact) mass is 634 g/mol. The summed E-state index contributed by atoms with van der Waals surface area (Å²) in [4.78, 5) is 23.0. The molecule has 0 radical (unpaired) electrons. The van der Waals surface area contributed by atoms with Gasteiger partial charge in [0.1, 0.15) is 18.1 Å². The Morgan fingerprint density at radius 1 is 0.865 bits per heavy atom. The van der Waals surface area contributed by atoms with Crippen LogP contribution in [0.1, 0.15) is 110 Å². The predicted molar refractivity (Wildman–Crippen MR) is 154 cm³/mol. The highest BCUT2D eigenvalue weighted by molar-refractivity contribution is 14.1. The van der Waals surface area contributed by atoms with E-state index in [0.29, 0.717) is 24.7 Å². The lowest BCUT2D eigenvalue weighted by molar-refractivity contribution is -0.146. The van der Waals surface area contributed by atoms with E-state index in [-0.39, 0.29) is 30.2 Å². The normalized spacial score (nSPS) is 11.3. The van der Waals surface area contributed by atoms with Crippen LogP contribution in [0.2, 0.25) is 0 Å². The zero-order chi connectivity index (χ0) is 28.2. The molecule has 2 heterocycles. The SMILES string of the molecule is CC(C)I.CCCCc1cc(C(C(=O)OCC)C(C)C)on1.CCCCc1cc(CC(=O)OCC)on1. The van der Waals surface area contributed by atoms with E-state index >= 15 is 0 Å². The van der Waals surface area contributed by atoms with E-state index in [9.17, 15) is 9.59 Å².